The van der Waals surface area contributed by atoms with E-state index in [0.29, 0.717) is 40.1 Å². The lowest BCUT2D eigenvalue weighted by atomic mass is 10.2. The second kappa shape index (κ2) is 5.01. The monoisotopic (exact) mass is 313 g/mol. The molecule has 23 heavy (non-hydrogen) atoms. The zero-order valence-corrected chi connectivity index (χ0v) is 12.2. The van der Waals surface area contributed by atoms with Gasteiger partial charge in [-0.25, -0.2) is 9.37 Å². The minimum Gasteiger partial charge on any atom is -0.349 e. The molecule has 8 heteroatoms. The molecule has 1 N–H and O–H groups in total. The minimum absolute atomic E-state index is 0.137. The molecule has 0 aliphatic carbocycles. The Morgan fingerprint density at radius 3 is 3.04 bits per heavy atom. The van der Waals surface area contributed by atoms with E-state index in [0.717, 1.165) is 0 Å². The molecular weight excluding hydrogens is 301 g/mol. The van der Waals surface area contributed by atoms with Crippen molar-refractivity contribution in [2.45, 2.75) is 19.9 Å². The van der Waals surface area contributed by atoms with E-state index in [4.69, 9.17) is 4.52 Å². The average Bonchev–Trinajstić information content (AvgIpc) is 3.14. The first-order valence-corrected chi connectivity index (χ1v) is 7.13. The van der Waals surface area contributed by atoms with Crippen molar-refractivity contribution in [3.05, 3.63) is 52.4 Å². The molecule has 0 aliphatic heterocycles. The molecule has 0 unspecified atom stereocenters. The maximum atomic E-state index is 13.4. The molecule has 3 heterocycles. The largest absolute Gasteiger partial charge is 0.349 e. The Bertz CT molecular complexity index is 1080. The van der Waals surface area contributed by atoms with E-state index in [-0.39, 0.29) is 17.9 Å². The number of nitrogens with zero attached hydrogens (tertiary/aromatic N) is 4. The lowest BCUT2D eigenvalue weighted by Crippen LogP contribution is -2.21. The topological polar surface area (TPSA) is 89.6 Å². The summed E-state index contributed by atoms with van der Waals surface area (Å²) in [5, 5.41) is 4.37. The molecule has 0 saturated carbocycles. The molecule has 4 rings (SSSR count). The zero-order chi connectivity index (χ0) is 16.0. The van der Waals surface area contributed by atoms with Crippen LogP contribution in [-0.2, 0) is 13.0 Å². The highest BCUT2D eigenvalue weighted by atomic mass is 19.1. The number of benzene rings is 1. The van der Waals surface area contributed by atoms with Gasteiger partial charge in [-0.1, -0.05) is 12.1 Å². The van der Waals surface area contributed by atoms with Crippen LogP contribution >= 0.6 is 0 Å². The van der Waals surface area contributed by atoms with Crippen LogP contribution in [0, 0.1) is 5.82 Å². The standard InChI is InChI=1S/C15H12FN5O2/c1-2-11-19-12(23-20-11)6-21-7-17-13-9-5-8(16)3-4-10(9)18-14(13)15(21)22/h3-5,7,18H,2,6H2,1H3. The third kappa shape index (κ3) is 2.19. The van der Waals surface area contributed by atoms with Gasteiger partial charge in [-0.15, -0.1) is 0 Å². The summed E-state index contributed by atoms with van der Waals surface area (Å²) in [6, 6.07) is 4.28. The van der Waals surface area contributed by atoms with Crippen molar-refractivity contribution < 1.29 is 8.91 Å². The van der Waals surface area contributed by atoms with Gasteiger partial charge in [0.2, 0.25) is 5.89 Å². The van der Waals surface area contributed by atoms with Crippen LogP contribution in [0.4, 0.5) is 4.39 Å². The lowest BCUT2D eigenvalue weighted by molar-refractivity contribution is 0.365. The van der Waals surface area contributed by atoms with E-state index in [2.05, 4.69) is 20.1 Å². The lowest BCUT2D eigenvalue weighted by Gasteiger charge is -2.00. The number of aromatic nitrogens is 5. The Balaban J connectivity index is 1.84. The second-order valence-corrected chi connectivity index (χ2v) is 5.17. The summed E-state index contributed by atoms with van der Waals surface area (Å²) in [4.78, 5) is 24.0. The average molecular weight is 313 g/mol. The highest BCUT2D eigenvalue weighted by Gasteiger charge is 2.13. The van der Waals surface area contributed by atoms with Gasteiger partial charge in [-0.2, -0.15) is 4.98 Å². The normalized spacial score (nSPS) is 11.6. The molecule has 4 aromatic rings. The van der Waals surface area contributed by atoms with Crippen LogP contribution in [-0.4, -0.2) is 24.7 Å². The highest BCUT2D eigenvalue weighted by Crippen LogP contribution is 2.22. The predicted molar refractivity (Wildman–Crippen MR) is 80.6 cm³/mol. The molecule has 0 aliphatic rings. The molecule has 0 atom stereocenters. The Hall–Kier alpha value is -3.03. The van der Waals surface area contributed by atoms with Gasteiger partial charge in [0.15, 0.2) is 5.82 Å². The molecular formula is C15H12FN5O2. The van der Waals surface area contributed by atoms with Gasteiger partial charge in [0.05, 0.1) is 6.33 Å². The number of fused-ring (bicyclic) bond motifs is 3. The number of aryl methyl sites for hydroxylation is 1. The molecule has 3 aromatic heterocycles. The van der Waals surface area contributed by atoms with E-state index in [1.807, 2.05) is 6.92 Å². The first-order chi connectivity index (χ1) is 11.2. The Morgan fingerprint density at radius 1 is 1.39 bits per heavy atom. The number of H-pyrrole nitrogens is 1. The van der Waals surface area contributed by atoms with E-state index < -0.39 is 0 Å². The van der Waals surface area contributed by atoms with Gasteiger partial charge in [0, 0.05) is 17.3 Å². The summed E-state index contributed by atoms with van der Waals surface area (Å²) < 4.78 is 19.9. The number of rotatable bonds is 3. The molecule has 7 nitrogen and oxygen atoms in total. The van der Waals surface area contributed by atoms with Crippen molar-refractivity contribution in [1.29, 1.82) is 0 Å². The van der Waals surface area contributed by atoms with Crippen LogP contribution in [0.15, 0.2) is 33.8 Å². The molecule has 1 aromatic carbocycles. The molecule has 0 spiro atoms. The Morgan fingerprint density at radius 2 is 2.26 bits per heavy atom. The summed E-state index contributed by atoms with van der Waals surface area (Å²) in [6.45, 7) is 2.05. The van der Waals surface area contributed by atoms with Crippen molar-refractivity contribution in [1.82, 2.24) is 24.7 Å². The fraction of sp³-hybridized carbons (Fsp3) is 0.200. The first kappa shape index (κ1) is 13.6. The maximum absolute atomic E-state index is 13.4. The van der Waals surface area contributed by atoms with E-state index >= 15 is 0 Å². The molecule has 0 amide bonds. The molecule has 0 fully saturated rings. The Kier molecular flexibility index (Phi) is 2.97. The van der Waals surface area contributed by atoms with E-state index in [1.54, 1.807) is 6.07 Å². The van der Waals surface area contributed by atoms with Gasteiger partial charge < -0.3 is 9.51 Å². The van der Waals surface area contributed by atoms with Crippen LogP contribution in [0.5, 0.6) is 0 Å². The molecule has 0 bridgehead atoms. The number of hydrogen-bond donors (Lipinski definition) is 1. The third-order valence-electron chi connectivity index (χ3n) is 3.67. The summed E-state index contributed by atoms with van der Waals surface area (Å²) in [5.74, 6) is 0.553. The van der Waals surface area contributed by atoms with Gasteiger partial charge >= 0.3 is 0 Å². The van der Waals surface area contributed by atoms with Crippen molar-refractivity contribution in [3.8, 4) is 0 Å². The van der Waals surface area contributed by atoms with Gasteiger partial charge in [0.25, 0.3) is 5.56 Å². The van der Waals surface area contributed by atoms with Crippen molar-refractivity contribution in [3.63, 3.8) is 0 Å². The Labute approximate surface area is 128 Å². The number of nitrogens with one attached hydrogen (secondary N) is 1. The fourth-order valence-corrected chi connectivity index (χ4v) is 2.52. The third-order valence-corrected chi connectivity index (χ3v) is 3.67. The quantitative estimate of drug-likeness (QED) is 0.625. The van der Waals surface area contributed by atoms with Gasteiger partial charge in [-0.05, 0) is 18.2 Å². The van der Waals surface area contributed by atoms with E-state index in [1.165, 1.54) is 23.0 Å². The van der Waals surface area contributed by atoms with Crippen molar-refractivity contribution in [2.75, 3.05) is 0 Å². The number of halogens is 1. The summed E-state index contributed by atoms with van der Waals surface area (Å²) in [6.07, 6.45) is 2.06. The van der Waals surface area contributed by atoms with Crippen LogP contribution in [0.3, 0.4) is 0 Å². The minimum atomic E-state index is -0.373. The SMILES string of the molecule is CCc1noc(Cn2cnc3c([nH]c4ccc(F)cc43)c2=O)n1. The van der Waals surface area contributed by atoms with Crippen LogP contribution in [0.1, 0.15) is 18.6 Å². The summed E-state index contributed by atoms with van der Waals surface area (Å²) >= 11 is 0. The van der Waals surface area contributed by atoms with Gasteiger partial charge in [-0.3, -0.25) is 9.36 Å². The van der Waals surface area contributed by atoms with Crippen LogP contribution in [0.25, 0.3) is 21.9 Å². The molecule has 116 valence electrons. The molecule has 0 saturated heterocycles. The van der Waals surface area contributed by atoms with Gasteiger partial charge in [0.1, 0.15) is 23.4 Å². The number of aromatic amines is 1. The number of hydrogen-bond acceptors (Lipinski definition) is 5. The fourth-order valence-electron chi connectivity index (χ4n) is 2.52. The second-order valence-electron chi connectivity index (χ2n) is 5.17. The van der Waals surface area contributed by atoms with Crippen LogP contribution in [0.2, 0.25) is 0 Å². The van der Waals surface area contributed by atoms with Crippen LogP contribution < -0.4 is 5.56 Å². The van der Waals surface area contributed by atoms with Crippen molar-refractivity contribution in [2.24, 2.45) is 0 Å². The zero-order valence-electron chi connectivity index (χ0n) is 12.2. The molecule has 0 radical (unpaired) electrons. The summed E-state index contributed by atoms with van der Waals surface area (Å²) in [7, 11) is 0. The van der Waals surface area contributed by atoms with Crippen molar-refractivity contribution >= 4 is 21.9 Å². The highest BCUT2D eigenvalue weighted by molar-refractivity contribution is 6.04. The summed E-state index contributed by atoms with van der Waals surface area (Å²) in [5.41, 5.74) is 1.15. The maximum Gasteiger partial charge on any atom is 0.278 e. The smallest absolute Gasteiger partial charge is 0.278 e. The first-order valence-electron chi connectivity index (χ1n) is 7.13. The predicted octanol–water partition coefficient (Wildman–Crippen LogP) is 2.01. The van der Waals surface area contributed by atoms with E-state index in [9.17, 15) is 9.18 Å².